The summed E-state index contributed by atoms with van der Waals surface area (Å²) < 4.78 is 34.5. The molecule has 2 unspecified atom stereocenters. The van der Waals surface area contributed by atoms with Crippen molar-refractivity contribution in [3.05, 3.63) is 97.2 Å². The Labute approximate surface area is 417 Å². The van der Waals surface area contributed by atoms with E-state index < -0.39 is 26.5 Å². The van der Waals surface area contributed by atoms with E-state index in [9.17, 15) is 19.0 Å². The molecule has 0 aliphatic heterocycles. The van der Waals surface area contributed by atoms with Crippen molar-refractivity contribution in [3.63, 3.8) is 0 Å². The minimum absolute atomic E-state index is 0.0245. The van der Waals surface area contributed by atoms with Gasteiger partial charge >= 0.3 is 19.8 Å². The second-order valence-electron chi connectivity index (χ2n) is 18.8. The summed E-state index contributed by atoms with van der Waals surface area (Å²) in [6, 6.07) is 0. The van der Waals surface area contributed by atoms with Crippen molar-refractivity contribution in [2.45, 2.75) is 213 Å². The molecule has 2 atom stereocenters. The first kappa shape index (κ1) is 64.9. The van der Waals surface area contributed by atoms with Gasteiger partial charge in [0.25, 0.3) is 0 Å². The lowest BCUT2D eigenvalue weighted by Crippen LogP contribution is -2.37. The standard InChI is InChI=1S/C58H100NO8P/c1-6-8-10-12-14-16-18-20-22-24-26-28-29-31-33-35-37-39-41-43-45-47-49-51-58(61)67-56(55-66-68(62,63)65-53-52-59(3,4)5)54-64-57(60)50-48-46-44-42-40-38-36-34-32-30-27-25-23-21-19-17-15-13-11-9-7-2/h8-11,14-17,20-23,26-28,30,56H,6-7,12-13,18-19,24-25,29,31-55H2,1-5H3/p+1/b10-8-,11-9-,16-14-,17-15-,22-20-,23-21-,28-26-,30-27-. The molecule has 0 heterocycles. The van der Waals surface area contributed by atoms with Crippen molar-refractivity contribution in [3.8, 4) is 0 Å². The average Bonchev–Trinajstić information content (AvgIpc) is 3.30. The van der Waals surface area contributed by atoms with Gasteiger partial charge in [0.15, 0.2) is 6.10 Å². The number of esters is 2. The number of quaternary nitrogens is 1. The van der Waals surface area contributed by atoms with Crippen LogP contribution in [0.25, 0.3) is 0 Å². The van der Waals surface area contributed by atoms with Gasteiger partial charge in [0.2, 0.25) is 0 Å². The number of phosphoric ester groups is 1. The maximum atomic E-state index is 12.8. The summed E-state index contributed by atoms with van der Waals surface area (Å²) in [4.78, 5) is 35.6. The quantitative estimate of drug-likeness (QED) is 0.0211. The monoisotopic (exact) mass is 971 g/mol. The van der Waals surface area contributed by atoms with E-state index in [2.05, 4.69) is 111 Å². The van der Waals surface area contributed by atoms with E-state index in [4.69, 9.17) is 18.5 Å². The summed E-state index contributed by atoms with van der Waals surface area (Å²) in [6.45, 7) is 4.19. The molecule has 0 aliphatic rings. The van der Waals surface area contributed by atoms with Gasteiger partial charge in [-0.3, -0.25) is 18.6 Å². The minimum atomic E-state index is -4.39. The second kappa shape index (κ2) is 48.9. The van der Waals surface area contributed by atoms with Crippen molar-refractivity contribution in [2.24, 2.45) is 0 Å². The third kappa shape index (κ3) is 52.3. The molecule has 0 saturated heterocycles. The topological polar surface area (TPSA) is 108 Å². The van der Waals surface area contributed by atoms with Gasteiger partial charge in [-0.15, -0.1) is 0 Å². The SMILES string of the molecule is CC/C=C\C/C=C\C/C=C\C/C=C\CCCCCCCCCCCCC(=O)OC(COC(=O)CCCCCCCCCC/C=C\C/C=C\C/C=C\C/C=C\CC)COP(=O)(O)OCC[N+](C)(C)C. The number of hydrogen-bond donors (Lipinski definition) is 1. The van der Waals surface area contributed by atoms with Crippen LogP contribution >= 0.6 is 7.82 Å². The number of rotatable bonds is 48. The lowest BCUT2D eigenvalue weighted by atomic mass is 10.0. The lowest BCUT2D eigenvalue weighted by Gasteiger charge is -2.24. The summed E-state index contributed by atoms with van der Waals surface area (Å²) in [7, 11) is 1.46. The van der Waals surface area contributed by atoms with Gasteiger partial charge in [-0.25, -0.2) is 4.57 Å². The number of allylic oxidation sites excluding steroid dienone is 16. The van der Waals surface area contributed by atoms with Crippen molar-refractivity contribution in [1.29, 1.82) is 0 Å². The Bertz CT molecular complexity index is 1470. The van der Waals surface area contributed by atoms with E-state index in [0.717, 1.165) is 109 Å². The molecule has 0 aromatic heterocycles. The molecule has 0 rings (SSSR count). The van der Waals surface area contributed by atoms with E-state index in [1.807, 2.05) is 21.1 Å². The second-order valence-corrected chi connectivity index (χ2v) is 20.3. The van der Waals surface area contributed by atoms with Crippen LogP contribution in [0.4, 0.5) is 0 Å². The molecular weight excluding hydrogens is 870 g/mol. The maximum Gasteiger partial charge on any atom is 0.472 e. The Balaban J connectivity index is 4.25. The molecule has 0 fully saturated rings. The molecule has 0 bridgehead atoms. The number of unbranched alkanes of at least 4 members (excludes halogenated alkanes) is 18. The number of phosphoric acid groups is 1. The molecular formula is C58H101NO8P+. The van der Waals surface area contributed by atoms with Crippen LogP contribution in [-0.2, 0) is 32.7 Å². The molecule has 0 saturated carbocycles. The molecule has 68 heavy (non-hydrogen) atoms. The maximum absolute atomic E-state index is 12.8. The Morgan fingerprint density at radius 1 is 0.456 bits per heavy atom. The van der Waals surface area contributed by atoms with Crippen LogP contribution in [0.1, 0.15) is 206 Å². The summed E-state index contributed by atoms with van der Waals surface area (Å²) in [5, 5.41) is 0. The predicted molar refractivity (Wildman–Crippen MR) is 288 cm³/mol. The van der Waals surface area contributed by atoms with Gasteiger partial charge in [-0.1, -0.05) is 201 Å². The first-order valence-electron chi connectivity index (χ1n) is 27.0. The third-order valence-corrected chi connectivity index (χ3v) is 12.1. The molecule has 0 aromatic rings. The van der Waals surface area contributed by atoms with E-state index in [-0.39, 0.29) is 32.0 Å². The number of hydrogen-bond acceptors (Lipinski definition) is 7. The fourth-order valence-electron chi connectivity index (χ4n) is 7.00. The molecule has 390 valence electrons. The van der Waals surface area contributed by atoms with Crippen molar-refractivity contribution >= 4 is 19.8 Å². The van der Waals surface area contributed by atoms with Crippen LogP contribution in [-0.4, -0.2) is 74.9 Å². The molecule has 1 N–H and O–H groups in total. The highest BCUT2D eigenvalue weighted by Crippen LogP contribution is 2.43. The summed E-state index contributed by atoms with van der Waals surface area (Å²) in [5.74, 6) is -0.816. The number of nitrogens with zero attached hydrogens (tertiary/aromatic N) is 1. The Hall–Kier alpha value is -3.07. The summed E-state index contributed by atoms with van der Waals surface area (Å²) >= 11 is 0. The summed E-state index contributed by atoms with van der Waals surface area (Å²) in [6.07, 6.45) is 66.0. The number of likely N-dealkylation sites (N-methyl/N-ethyl adjacent to an activating group) is 1. The largest absolute Gasteiger partial charge is 0.472 e. The summed E-state index contributed by atoms with van der Waals surface area (Å²) in [5.41, 5.74) is 0. The lowest BCUT2D eigenvalue weighted by molar-refractivity contribution is -0.870. The smallest absolute Gasteiger partial charge is 0.462 e. The first-order chi connectivity index (χ1) is 33.0. The molecule has 0 radical (unpaired) electrons. The highest BCUT2D eigenvalue weighted by Gasteiger charge is 2.27. The van der Waals surface area contributed by atoms with E-state index in [1.54, 1.807) is 0 Å². The highest BCUT2D eigenvalue weighted by molar-refractivity contribution is 7.47. The van der Waals surface area contributed by atoms with Gasteiger partial charge in [-0.2, -0.15) is 0 Å². The molecule has 0 aliphatic carbocycles. The fourth-order valence-corrected chi connectivity index (χ4v) is 7.74. The van der Waals surface area contributed by atoms with Crippen LogP contribution in [0.5, 0.6) is 0 Å². The van der Waals surface area contributed by atoms with E-state index in [0.29, 0.717) is 17.4 Å². The van der Waals surface area contributed by atoms with Crippen LogP contribution in [0, 0.1) is 0 Å². The first-order valence-corrected chi connectivity index (χ1v) is 28.5. The zero-order valence-electron chi connectivity index (χ0n) is 44.1. The Kier molecular flexibility index (Phi) is 46.7. The van der Waals surface area contributed by atoms with Crippen molar-refractivity contribution in [2.75, 3.05) is 47.5 Å². The van der Waals surface area contributed by atoms with Crippen LogP contribution in [0.15, 0.2) is 97.2 Å². The average molecular weight is 971 g/mol. The van der Waals surface area contributed by atoms with E-state index in [1.165, 1.54) is 64.2 Å². The highest BCUT2D eigenvalue weighted by atomic mass is 31.2. The van der Waals surface area contributed by atoms with E-state index >= 15 is 0 Å². The van der Waals surface area contributed by atoms with Gasteiger partial charge in [0.1, 0.15) is 19.8 Å². The van der Waals surface area contributed by atoms with Crippen LogP contribution < -0.4 is 0 Å². The third-order valence-electron chi connectivity index (χ3n) is 11.1. The van der Waals surface area contributed by atoms with Crippen molar-refractivity contribution < 1.29 is 42.1 Å². The van der Waals surface area contributed by atoms with Gasteiger partial charge < -0.3 is 18.9 Å². The molecule has 10 heteroatoms. The molecule has 0 amide bonds. The number of carbonyl (C=O) groups is 2. The fraction of sp³-hybridized carbons (Fsp3) is 0.690. The van der Waals surface area contributed by atoms with Crippen molar-refractivity contribution in [1.82, 2.24) is 0 Å². The number of ether oxygens (including phenoxy) is 2. The predicted octanol–water partition coefficient (Wildman–Crippen LogP) is 16.5. The van der Waals surface area contributed by atoms with Gasteiger partial charge in [-0.05, 0) is 89.9 Å². The zero-order valence-corrected chi connectivity index (χ0v) is 45.0. The van der Waals surface area contributed by atoms with Gasteiger partial charge in [0, 0.05) is 12.8 Å². The normalized spacial score (nSPS) is 14.1. The minimum Gasteiger partial charge on any atom is -0.462 e. The zero-order chi connectivity index (χ0) is 49.9. The Morgan fingerprint density at radius 3 is 1.18 bits per heavy atom. The van der Waals surface area contributed by atoms with Crippen LogP contribution in [0.2, 0.25) is 0 Å². The van der Waals surface area contributed by atoms with Gasteiger partial charge in [0.05, 0.1) is 27.7 Å². The Morgan fingerprint density at radius 2 is 0.794 bits per heavy atom. The molecule has 9 nitrogen and oxygen atoms in total. The number of carbonyl (C=O) groups excluding carboxylic acids is 2. The molecule has 0 spiro atoms. The molecule has 0 aromatic carbocycles. The van der Waals surface area contributed by atoms with Crippen LogP contribution in [0.3, 0.4) is 0 Å².